The van der Waals surface area contributed by atoms with E-state index in [0.717, 1.165) is 20.3 Å². The molecule has 0 unspecified atom stereocenters. The minimum atomic E-state index is -0.0807. The van der Waals surface area contributed by atoms with E-state index in [1.54, 1.807) is 7.11 Å². The molecular formula is C9H10Br2N4O. The van der Waals surface area contributed by atoms with Gasteiger partial charge in [-0.1, -0.05) is 0 Å². The summed E-state index contributed by atoms with van der Waals surface area (Å²) >= 11 is 6.75. The van der Waals surface area contributed by atoms with E-state index < -0.39 is 0 Å². The van der Waals surface area contributed by atoms with Gasteiger partial charge in [0.05, 0.1) is 22.3 Å². The standard InChI is InChI=1S/C9H10Br2N4O/c1-16-8-6(10)2-5(3-7(8)11)4-14-15-9(12)13/h2-4H,1H3,(H4,12,13,15)/b14-4+. The molecule has 1 rings (SSSR count). The Morgan fingerprint density at radius 1 is 1.31 bits per heavy atom. The molecule has 1 aromatic rings. The Kier molecular flexibility index (Phi) is 4.75. The monoisotopic (exact) mass is 348 g/mol. The van der Waals surface area contributed by atoms with Gasteiger partial charge in [0.1, 0.15) is 5.75 Å². The molecule has 0 fully saturated rings. The first kappa shape index (κ1) is 13.0. The van der Waals surface area contributed by atoms with Crippen LogP contribution in [0.5, 0.6) is 5.75 Å². The van der Waals surface area contributed by atoms with Gasteiger partial charge >= 0.3 is 0 Å². The molecule has 16 heavy (non-hydrogen) atoms. The molecule has 0 aliphatic carbocycles. The van der Waals surface area contributed by atoms with Crippen LogP contribution in [0.4, 0.5) is 0 Å². The molecule has 86 valence electrons. The van der Waals surface area contributed by atoms with Crippen LogP contribution in [-0.4, -0.2) is 19.3 Å². The predicted octanol–water partition coefficient (Wildman–Crippen LogP) is 1.83. The van der Waals surface area contributed by atoms with E-state index in [9.17, 15) is 0 Å². The van der Waals surface area contributed by atoms with Gasteiger partial charge in [0, 0.05) is 0 Å². The third kappa shape index (κ3) is 3.49. The summed E-state index contributed by atoms with van der Waals surface area (Å²) in [5.41, 5.74) is 11.1. The third-order valence-corrected chi connectivity index (χ3v) is 2.78. The van der Waals surface area contributed by atoms with Crippen LogP contribution >= 0.6 is 31.9 Å². The van der Waals surface area contributed by atoms with Crippen molar-refractivity contribution < 1.29 is 4.74 Å². The van der Waals surface area contributed by atoms with Gasteiger partial charge in [-0.2, -0.15) is 5.10 Å². The normalized spacial score (nSPS) is 10.4. The molecule has 0 atom stereocenters. The number of halogens is 2. The van der Waals surface area contributed by atoms with Gasteiger partial charge in [-0.15, -0.1) is 5.10 Å². The number of ether oxygens (including phenoxy) is 1. The fourth-order valence-corrected chi connectivity index (χ4v) is 2.56. The van der Waals surface area contributed by atoms with Crippen LogP contribution in [0.3, 0.4) is 0 Å². The van der Waals surface area contributed by atoms with Crippen LogP contribution in [0.25, 0.3) is 0 Å². The van der Waals surface area contributed by atoms with E-state index in [4.69, 9.17) is 16.2 Å². The van der Waals surface area contributed by atoms with Gasteiger partial charge < -0.3 is 16.2 Å². The molecule has 0 amide bonds. The average Bonchev–Trinajstić information content (AvgIpc) is 2.16. The summed E-state index contributed by atoms with van der Waals surface area (Å²) in [6, 6.07) is 3.69. The summed E-state index contributed by atoms with van der Waals surface area (Å²) in [6.07, 6.45) is 1.54. The molecule has 7 heteroatoms. The summed E-state index contributed by atoms with van der Waals surface area (Å²) in [4.78, 5) is 0. The Labute approximate surface area is 110 Å². The fraction of sp³-hybridized carbons (Fsp3) is 0.111. The number of nitrogens with zero attached hydrogens (tertiary/aromatic N) is 2. The molecule has 5 nitrogen and oxygen atoms in total. The first-order valence-electron chi connectivity index (χ1n) is 4.19. The highest BCUT2D eigenvalue weighted by molar-refractivity contribution is 9.11. The molecule has 0 aromatic heterocycles. The topological polar surface area (TPSA) is 86.0 Å². The molecule has 0 bridgehead atoms. The van der Waals surface area contributed by atoms with Gasteiger partial charge in [-0.25, -0.2) is 0 Å². The van der Waals surface area contributed by atoms with E-state index in [0.29, 0.717) is 0 Å². The fourth-order valence-electron chi connectivity index (χ4n) is 1.01. The van der Waals surface area contributed by atoms with Crippen molar-refractivity contribution in [2.24, 2.45) is 21.7 Å². The number of methoxy groups -OCH3 is 1. The first-order valence-corrected chi connectivity index (χ1v) is 5.78. The van der Waals surface area contributed by atoms with Crippen molar-refractivity contribution in [2.75, 3.05) is 7.11 Å². The van der Waals surface area contributed by atoms with Gasteiger partial charge in [0.25, 0.3) is 0 Å². The SMILES string of the molecule is COc1c(Br)cc(/C=N/N=C(N)N)cc1Br. The Bertz CT molecular complexity index is 418. The third-order valence-electron chi connectivity index (χ3n) is 1.60. The molecule has 1 aromatic carbocycles. The van der Waals surface area contributed by atoms with Gasteiger partial charge in [0.15, 0.2) is 0 Å². The minimum absolute atomic E-state index is 0.0807. The molecule has 0 aliphatic rings. The Balaban J connectivity index is 3.00. The van der Waals surface area contributed by atoms with Crippen LogP contribution < -0.4 is 16.2 Å². The highest BCUT2D eigenvalue weighted by Crippen LogP contribution is 2.33. The molecule has 0 saturated heterocycles. The Morgan fingerprint density at radius 2 is 1.88 bits per heavy atom. The van der Waals surface area contributed by atoms with Crippen molar-refractivity contribution >= 4 is 44.0 Å². The maximum Gasteiger partial charge on any atom is 0.211 e. The number of hydrogen-bond donors (Lipinski definition) is 2. The zero-order valence-corrected chi connectivity index (χ0v) is 11.6. The summed E-state index contributed by atoms with van der Waals surface area (Å²) in [7, 11) is 1.60. The quantitative estimate of drug-likeness (QED) is 0.496. The minimum Gasteiger partial charge on any atom is -0.494 e. The molecule has 0 aliphatic heterocycles. The van der Waals surface area contributed by atoms with Gasteiger partial charge in [-0.3, -0.25) is 0 Å². The van der Waals surface area contributed by atoms with Crippen LogP contribution in [0.15, 0.2) is 31.3 Å². The Hall–Kier alpha value is -1.08. The van der Waals surface area contributed by atoms with Crippen molar-refractivity contribution in [1.82, 2.24) is 0 Å². The van der Waals surface area contributed by atoms with E-state index in [2.05, 4.69) is 42.1 Å². The Morgan fingerprint density at radius 3 is 2.31 bits per heavy atom. The maximum absolute atomic E-state index is 5.17. The second kappa shape index (κ2) is 5.86. The predicted molar refractivity (Wildman–Crippen MR) is 71.8 cm³/mol. The lowest BCUT2D eigenvalue weighted by molar-refractivity contribution is 0.409. The average molecular weight is 350 g/mol. The second-order valence-electron chi connectivity index (χ2n) is 2.79. The number of nitrogens with two attached hydrogens (primary N) is 2. The van der Waals surface area contributed by atoms with E-state index in [-0.39, 0.29) is 5.96 Å². The van der Waals surface area contributed by atoms with Crippen molar-refractivity contribution in [1.29, 1.82) is 0 Å². The second-order valence-corrected chi connectivity index (χ2v) is 4.50. The molecular weight excluding hydrogens is 340 g/mol. The van der Waals surface area contributed by atoms with Crippen LogP contribution in [0.2, 0.25) is 0 Å². The number of rotatable bonds is 3. The van der Waals surface area contributed by atoms with E-state index >= 15 is 0 Å². The molecule has 0 saturated carbocycles. The van der Waals surface area contributed by atoms with E-state index in [1.165, 1.54) is 6.21 Å². The summed E-state index contributed by atoms with van der Waals surface area (Å²) in [5, 5.41) is 7.21. The van der Waals surface area contributed by atoms with Crippen molar-refractivity contribution in [3.8, 4) is 5.75 Å². The number of hydrogen-bond acceptors (Lipinski definition) is 3. The maximum atomic E-state index is 5.17. The van der Waals surface area contributed by atoms with Crippen molar-refractivity contribution in [2.45, 2.75) is 0 Å². The first-order chi connectivity index (χ1) is 7.54. The largest absolute Gasteiger partial charge is 0.494 e. The van der Waals surface area contributed by atoms with E-state index in [1.807, 2.05) is 12.1 Å². The summed E-state index contributed by atoms with van der Waals surface area (Å²) in [6.45, 7) is 0. The summed E-state index contributed by atoms with van der Waals surface area (Å²) < 4.78 is 6.80. The lowest BCUT2D eigenvalue weighted by atomic mass is 10.2. The highest BCUT2D eigenvalue weighted by atomic mass is 79.9. The molecule has 4 N–H and O–H groups in total. The van der Waals surface area contributed by atoms with Crippen molar-refractivity contribution in [3.63, 3.8) is 0 Å². The highest BCUT2D eigenvalue weighted by Gasteiger charge is 2.06. The number of benzene rings is 1. The van der Waals surface area contributed by atoms with Crippen LogP contribution in [0, 0.1) is 0 Å². The van der Waals surface area contributed by atoms with Gasteiger partial charge in [-0.05, 0) is 49.6 Å². The molecule has 0 radical (unpaired) electrons. The van der Waals surface area contributed by atoms with Crippen LogP contribution in [0.1, 0.15) is 5.56 Å². The zero-order valence-electron chi connectivity index (χ0n) is 8.45. The summed E-state index contributed by atoms with van der Waals surface area (Å²) in [5.74, 6) is 0.641. The zero-order chi connectivity index (χ0) is 12.1. The molecule has 0 heterocycles. The van der Waals surface area contributed by atoms with Crippen LogP contribution in [-0.2, 0) is 0 Å². The lowest BCUT2D eigenvalue weighted by Crippen LogP contribution is -2.21. The van der Waals surface area contributed by atoms with Gasteiger partial charge in [0.2, 0.25) is 5.96 Å². The number of guanidine groups is 1. The lowest BCUT2D eigenvalue weighted by Gasteiger charge is -2.06. The smallest absolute Gasteiger partial charge is 0.211 e. The molecule has 0 spiro atoms. The van der Waals surface area contributed by atoms with Crippen molar-refractivity contribution in [3.05, 3.63) is 26.6 Å².